The zero-order valence-corrected chi connectivity index (χ0v) is 17.5. The monoisotopic (exact) mass is 463 g/mol. The lowest BCUT2D eigenvalue weighted by Crippen LogP contribution is -2.48. The molecule has 0 fully saturated rings. The van der Waals surface area contributed by atoms with Crippen LogP contribution in [0, 0.1) is 0 Å². The number of hydrogen-bond acceptors (Lipinski definition) is 5. The number of carbonyl (C=O) groups excluding carboxylic acids is 2. The van der Waals surface area contributed by atoms with Crippen molar-refractivity contribution < 1.29 is 19.2 Å². The highest BCUT2D eigenvalue weighted by Crippen LogP contribution is 2.32. The largest absolute Gasteiger partial charge is 0.457 e. The molecule has 6 heteroatoms. The van der Waals surface area contributed by atoms with E-state index in [0.29, 0.717) is 11.3 Å². The summed E-state index contributed by atoms with van der Waals surface area (Å²) < 4.78 is 6.41. The molecule has 0 N–H and O–H groups in total. The maximum absolute atomic E-state index is 13.3. The molecule has 0 spiro atoms. The van der Waals surface area contributed by atoms with Gasteiger partial charge in [0.25, 0.3) is 0 Å². The van der Waals surface area contributed by atoms with Gasteiger partial charge in [0.2, 0.25) is 5.78 Å². The molecule has 1 atom stereocenters. The van der Waals surface area contributed by atoms with Gasteiger partial charge in [0.1, 0.15) is 6.61 Å². The van der Waals surface area contributed by atoms with Crippen molar-refractivity contribution in [2.75, 3.05) is 0 Å². The van der Waals surface area contributed by atoms with Crippen molar-refractivity contribution in [3.8, 4) is 0 Å². The number of hydrogen-bond donors (Lipinski definition) is 0. The van der Waals surface area contributed by atoms with E-state index in [4.69, 9.17) is 9.57 Å². The molecule has 4 rings (SSSR count). The second-order valence-corrected chi connectivity index (χ2v) is 7.81. The minimum Gasteiger partial charge on any atom is -0.457 e. The molecule has 1 unspecified atom stereocenters. The summed E-state index contributed by atoms with van der Waals surface area (Å²) in [5.41, 5.74) is 0.625. The Morgan fingerprint density at radius 3 is 2.23 bits per heavy atom. The lowest BCUT2D eigenvalue weighted by molar-refractivity contribution is -0.164. The Morgan fingerprint density at radius 1 is 0.933 bits per heavy atom. The number of ether oxygens (including phenoxy) is 1. The summed E-state index contributed by atoms with van der Waals surface area (Å²) in [5.74, 6) is -1.23. The third-order valence-corrected chi connectivity index (χ3v) is 5.38. The van der Waals surface area contributed by atoms with Gasteiger partial charge in [-0.1, -0.05) is 93.9 Å². The summed E-state index contributed by atoms with van der Waals surface area (Å²) >= 11 is 3.40. The highest BCUT2D eigenvalue weighted by molar-refractivity contribution is 9.10. The van der Waals surface area contributed by atoms with Crippen LogP contribution in [0.25, 0.3) is 0 Å². The first kappa shape index (κ1) is 20.0. The van der Waals surface area contributed by atoms with Crippen molar-refractivity contribution in [3.05, 3.63) is 106 Å². The minimum atomic E-state index is -1.85. The predicted octanol–water partition coefficient (Wildman–Crippen LogP) is 4.94. The molecule has 0 amide bonds. The number of oxime groups is 1. The number of Topliss-reactive ketones (excluding diaryl/α,β-unsaturated/α-hetero) is 1. The molecule has 0 saturated heterocycles. The topological polar surface area (TPSA) is 65.0 Å². The Kier molecular flexibility index (Phi) is 5.77. The van der Waals surface area contributed by atoms with Crippen molar-refractivity contribution in [1.29, 1.82) is 0 Å². The van der Waals surface area contributed by atoms with E-state index in [2.05, 4.69) is 21.1 Å². The smallest absolute Gasteiger partial charge is 0.362 e. The highest BCUT2D eigenvalue weighted by Gasteiger charge is 2.55. The first-order valence-electron chi connectivity index (χ1n) is 9.40. The van der Waals surface area contributed by atoms with E-state index in [9.17, 15) is 9.59 Å². The highest BCUT2D eigenvalue weighted by atomic mass is 79.9. The molecule has 0 bridgehead atoms. The van der Waals surface area contributed by atoms with Crippen LogP contribution in [0.2, 0.25) is 0 Å². The molecule has 1 heterocycles. The van der Waals surface area contributed by atoms with Gasteiger partial charge in [-0.2, -0.15) is 0 Å². The summed E-state index contributed by atoms with van der Waals surface area (Å²) in [4.78, 5) is 32.0. The summed E-state index contributed by atoms with van der Waals surface area (Å²) in [5, 5.41) is 4.09. The van der Waals surface area contributed by atoms with Gasteiger partial charge in [0.05, 0.1) is 12.1 Å². The second kappa shape index (κ2) is 8.63. The van der Waals surface area contributed by atoms with Gasteiger partial charge in [-0.3, -0.25) is 4.79 Å². The average molecular weight is 464 g/mol. The number of nitrogens with zero attached hydrogens (tertiary/aromatic N) is 1. The van der Waals surface area contributed by atoms with Gasteiger partial charge in [0.15, 0.2) is 0 Å². The third-order valence-electron chi connectivity index (χ3n) is 4.85. The van der Waals surface area contributed by atoms with Crippen LogP contribution in [0.15, 0.2) is 94.6 Å². The number of rotatable bonds is 6. The summed E-state index contributed by atoms with van der Waals surface area (Å²) in [6.45, 7) is 0.0421. The Morgan fingerprint density at radius 2 is 1.57 bits per heavy atom. The molecular weight excluding hydrogens is 446 g/mol. The molecule has 1 aliphatic heterocycles. The Hall–Kier alpha value is -3.25. The predicted molar refractivity (Wildman–Crippen MR) is 116 cm³/mol. The van der Waals surface area contributed by atoms with E-state index in [0.717, 1.165) is 15.6 Å². The van der Waals surface area contributed by atoms with E-state index < -0.39 is 17.4 Å². The molecule has 5 nitrogen and oxygen atoms in total. The molecule has 0 radical (unpaired) electrons. The van der Waals surface area contributed by atoms with E-state index in [1.165, 1.54) is 0 Å². The summed E-state index contributed by atoms with van der Waals surface area (Å²) in [7, 11) is 0. The van der Waals surface area contributed by atoms with E-state index in [1.807, 2.05) is 54.6 Å². The average Bonchev–Trinajstić information content (AvgIpc) is 3.25. The van der Waals surface area contributed by atoms with Crippen LogP contribution in [0.3, 0.4) is 0 Å². The van der Waals surface area contributed by atoms with Crippen LogP contribution in [0.5, 0.6) is 0 Å². The number of benzene rings is 3. The summed E-state index contributed by atoms with van der Waals surface area (Å²) in [6, 6.07) is 25.3. The van der Waals surface area contributed by atoms with Gasteiger partial charge < -0.3 is 9.57 Å². The first-order chi connectivity index (χ1) is 14.6. The van der Waals surface area contributed by atoms with Gasteiger partial charge in [-0.15, -0.1) is 0 Å². The van der Waals surface area contributed by atoms with Gasteiger partial charge in [0, 0.05) is 10.0 Å². The normalized spacial score (nSPS) is 17.7. The van der Waals surface area contributed by atoms with E-state index in [-0.39, 0.29) is 13.0 Å². The van der Waals surface area contributed by atoms with Crippen LogP contribution in [-0.2, 0) is 21.0 Å². The number of ketones is 1. The van der Waals surface area contributed by atoms with Crippen molar-refractivity contribution in [2.24, 2.45) is 5.16 Å². The zero-order chi connectivity index (χ0) is 21.0. The Bertz CT molecular complexity index is 1080. The number of carbonyl (C=O) groups is 2. The van der Waals surface area contributed by atoms with Crippen LogP contribution < -0.4 is 0 Å². The van der Waals surface area contributed by atoms with Crippen LogP contribution in [0.4, 0.5) is 0 Å². The standard InChI is InChI=1S/C24H18BrNO4/c25-20-13-11-18(12-14-20)21-15-24(30-26-21,22(27)19-9-5-2-6-10-19)23(28)29-16-17-7-3-1-4-8-17/h1-14H,15-16H2. The fourth-order valence-electron chi connectivity index (χ4n) is 3.22. The second-order valence-electron chi connectivity index (χ2n) is 6.90. The van der Waals surface area contributed by atoms with Crippen molar-refractivity contribution in [1.82, 2.24) is 0 Å². The van der Waals surface area contributed by atoms with Gasteiger partial charge in [-0.05, 0) is 23.3 Å². The molecule has 0 aromatic heterocycles. The van der Waals surface area contributed by atoms with E-state index >= 15 is 0 Å². The van der Waals surface area contributed by atoms with Gasteiger partial charge in [-0.25, -0.2) is 4.79 Å². The van der Waals surface area contributed by atoms with Gasteiger partial charge >= 0.3 is 11.6 Å². The quantitative estimate of drug-likeness (QED) is 0.295. The summed E-state index contributed by atoms with van der Waals surface area (Å²) in [6.07, 6.45) is -0.00399. The number of halogens is 1. The maximum Gasteiger partial charge on any atom is 0.362 e. The van der Waals surface area contributed by atoms with E-state index in [1.54, 1.807) is 30.3 Å². The molecule has 0 aliphatic carbocycles. The van der Waals surface area contributed by atoms with Crippen LogP contribution in [-0.4, -0.2) is 23.1 Å². The fourth-order valence-corrected chi connectivity index (χ4v) is 3.48. The molecule has 30 heavy (non-hydrogen) atoms. The molecule has 1 aliphatic rings. The maximum atomic E-state index is 13.3. The lowest BCUT2D eigenvalue weighted by Gasteiger charge is -2.23. The Balaban J connectivity index is 1.61. The van der Waals surface area contributed by atoms with Crippen LogP contribution >= 0.6 is 15.9 Å². The van der Waals surface area contributed by atoms with Crippen molar-refractivity contribution in [2.45, 2.75) is 18.6 Å². The molecule has 0 saturated carbocycles. The number of esters is 1. The molecule has 150 valence electrons. The SMILES string of the molecule is O=C(OCc1ccccc1)C1(C(=O)c2ccccc2)CC(c2ccc(Br)cc2)=NO1. The third kappa shape index (κ3) is 4.04. The van der Waals surface area contributed by atoms with Crippen molar-refractivity contribution in [3.63, 3.8) is 0 Å². The van der Waals surface area contributed by atoms with Crippen molar-refractivity contribution >= 4 is 33.4 Å². The molecular formula is C24H18BrNO4. The zero-order valence-electron chi connectivity index (χ0n) is 16.0. The fraction of sp³-hybridized carbons (Fsp3) is 0.125. The van der Waals surface area contributed by atoms with Crippen LogP contribution in [0.1, 0.15) is 27.9 Å². The molecule has 3 aromatic rings. The minimum absolute atomic E-state index is 0.00399. The first-order valence-corrected chi connectivity index (χ1v) is 10.2. The lowest BCUT2D eigenvalue weighted by atomic mass is 9.87. The molecule has 3 aromatic carbocycles. The Labute approximate surface area is 182 Å².